The number of carbonyl (C=O) groups is 2. The van der Waals surface area contributed by atoms with E-state index in [2.05, 4.69) is 6.92 Å². The molecule has 1 aliphatic rings. The van der Waals surface area contributed by atoms with Crippen LogP contribution in [0, 0.1) is 13.8 Å². The van der Waals surface area contributed by atoms with Gasteiger partial charge in [0, 0.05) is 18.2 Å². The molecular formula is C25H22N2O4S. The molecule has 0 bridgehead atoms. The Morgan fingerprint density at radius 1 is 1.12 bits per heavy atom. The highest BCUT2D eigenvalue weighted by molar-refractivity contribution is 8.18. The number of hydrogen-bond acceptors (Lipinski definition) is 5. The van der Waals surface area contributed by atoms with Gasteiger partial charge >= 0.3 is 5.97 Å². The highest BCUT2D eigenvalue weighted by atomic mass is 32.2. The van der Waals surface area contributed by atoms with Crippen LogP contribution in [0.15, 0.2) is 68.9 Å². The van der Waals surface area contributed by atoms with Crippen molar-refractivity contribution in [3.05, 3.63) is 82.0 Å². The van der Waals surface area contributed by atoms with E-state index < -0.39 is 5.97 Å². The molecule has 162 valence electrons. The number of nitrogens with zero attached hydrogens (tertiary/aromatic N) is 2. The molecule has 7 heteroatoms. The van der Waals surface area contributed by atoms with Gasteiger partial charge in [0.15, 0.2) is 5.17 Å². The van der Waals surface area contributed by atoms with Crippen LogP contribution in [0.3, 0.4) is 0 Å². The number of carbonyl (C=O) groups excluding carboxylic acids is 1. The van der Waals surface area contributed by atoms with Crippen molar-refractivity contribution in [1.29, 1.82) is 0 Å². The fourth-order valence-corrected chi connectivity index (χ4v) is 4.34. The highest BCUT2D eigenvalue weighted by Crippen LogP contribution is 2.35. The number of carboxylic acids is 1. The lowest BCUT2D eigenvalue weighted by atomic mass is 10.1. The summed E-state index contributed by atoms with van der Waals surface area (Å²) < 4.78 is 5.87. The summed E-state index contributed by atoms with van der Waals surface area (Å²) in [5.41, 5.74) is 3.99. The van der Waals surface area contributed by atoms with E-state index >= 15 is 0 Å². The number of furan rings is 1. The third kappa shape index (κ3) is 4.38. The molecule has 6 nitrogen and oxygen atoms in total. The Labute approximate surface area is 190 Å². The lowest BCUT2D eigenvalue weighted by Crippen LogP contribution is -2.28. The van der Waals surface area contributed by atoms with Crippen LogP contribution in [0.4, 0.5) is 5.69 Å². The molecule has 1 aliphatic heterocycles. The van der Waals surface area contributed by atoms with E-state index in [-0.39, 0.29) is 11.5 Å². The van der Waals surface area contributed by atoms with E-state index in [1.54, 1.807) is 41.3 Å². The van der Waals surface area contributed by atoms with Crippen molar-refractivity contribution < 1.29 is 19.1 Å². The van der Waals surface area contributed by atoms with Gasteiger partial charge in [-0.3, -0.25) is 9.69 Å². The summed E-state index contributed by atoms with van der Waals surface area (Å²) in [6.07, 6.45) is 1.70. The van der Waals surface area contributed by atoms with Gasteiger partial charge in [-0.2, -0.15) is 0 Å². The standard InChI is InChI=1S/C25H22N2O4S/c1-4-27-23(28)22(32-25(27)26-19-9-8-15(2)16(3)12-19)14-20-10-11-21(31-20)17-6-5-7-18(13-17)24(29)30/h5-14H,4H2,1-3H3,(H,29,30)/b22-14+,26-25?. The molecule has 2 aromatic carbocycles. The number of hydrogen-bond donors (Lipinski definition) is 1. The van der Waals surface area contributed by atoms with Crippen LogP contribution in [0.25, 0.3) is 17.4 Å². The SMILES string of the molecule is CCN1C(=O)/C(=C\c2ccc(-c3cccc(C(=O)O)c3)o2)SC1=Nc1ccc(C)c(C)c1. The van der Waals surface area contributed by atoms with E-state index in [1.165, 1.54) is 23.4 Å². The molecular weight excluding hydrogens is 424 g/mol. The Bertz CT molecular complexity index is 1270. The van der Waals surface area contributed by atoms with Crippen LogP contribution in [-0.2, 0) is 4.79 Å². The first-order valence-corrected chi connectivity index (χ1v) is 11.0. The Kier molecular flexibility index (Phi) is 6.01. The number of rotatable bonds is 5. The summed E-state index contributed by atoms with van der Waals surface area (Å²) in [4.78, 5) is 31.0. The van der Waals surface area contributed by atoms with Crippen LogP contribution in [0.2, 0.25) is 0 Å². The van der Waals surface area contributed by atoms with Crippen LogP contribution in [0.1, 0.15) is 34.2 Å². The average Bonchev–Trinajstić information content (AvgIpc) is 3.35. The van der Waals surface area contributed by atoms with Crippen molar-refractivity contribution in [3.63, 3.8) is 0 Å². The largest absolute Gasteiger partial charge is 0.478 e. The third-order valence-electron chi connectivity index (χ3n) is 5.21. The maximum Gasteiger partial charge on any atom is 0.335 e. The zero-order valence-electron chi connectivity index (χ0n) is 18.0. The van der Waals surface area contributed by atoms with Crippen LogP contribution in [-0.4, -0.2) is 33.6 Å². The van der Waals surface area contributed by atoms with Gasteiger partial charge in [0.25, 0.3) is 5.91 Å². The molecule has 32 heavy (non-hydrogen) atoms. The number of thioether (sulfide) groups is 1. The molecule has 1 N–H and O–H groups in total. The molecule has 1 fully saturated rings. The fraction of sp³-hybridized carbons (Fsp3) is 0.160. The Hall–Kier alpha value is -3.58. The van der Waals surface area contributed by atoms with E-state index in [9.17, 15) is 14.7 Å². The fourth-order valence-electron chi connectivity index (χ4n) is 3.30. The highest BCUT2D eigenvalue weighted by Gasteiger charge is 2.32. The molecule has 1 saturated heterocycles. The van der Waals surface area contributed by atoms with E-state index in [0.29, 0.717) is 33.7 Å². The van der Waals surface area contributed by atoms with Gasteiger partial charge in [0.1, 0.15) is 11.5 Å². The normalized spacial score (nSPS) is 16.3. The Balaban J connectivity index is 1.61. The summed E-state index contributed by atoms with van der Waals surface area (Å²) in [7, 11) is 0. The minimum Gasteiger partial charge on any atom is -0.478 e. The second kappa shape index (κ2) is 8.88. The van der Waals surface area contributed by atoms with Crippen LogP contribution >= 0.6 is 11.8 Å². The summed E-state index contributed by atoms with van der Waals surface area (Å²) >= 11 is 1.31. The number of carboxylic acid groups (broad SMARTS) is 1. The number of aryl methyl sites for hydroxylation is 2. The van der Waals surface area contributed by atoms with Crippen molar-refractivity contribution >= 4 is 40.6 Å². The molecule has 4 rings (SSSR count). The van der Waals surface area contributed by atoms with Gasteiger partial charge in [-0.05, 0) is 80.1 Å². The average molecular weight is 447 g/mol. The number of amidine groups is 1. The minimum atomic E-state index is -0.996. The van der Waals surface area contributed by atoms with Gasteiger partial charge in [0.2, 0.25) is 0 Å². The monoisotopic (exact) mass is 446 g/mol. The molecule has 1 amide bonds. The second-order valence-corrected chi connectivity index (χ2v) is 8.42. The molecule has 0 radical (unpaired) electrons. The molecule has 0 unspecified atom stereocenters. The lowest BCUT2D eigenvalue weighted by molar-refractivity contribution is -0.122. The second-order valence-electron chi connectivity index (χ2n) is 7.41. The molecule has 3 aromatic rings. The zero-order valence-corrected chi connectivity index (χ0v) is 18.8. The first-order chi connectivity index (χ1) is 15.4. The van der Waals surface area contributed by atoms with Gasteiger partial charge < -0.3 is 9.52 Å². The molecule has 2 heterocycles. The molecule has 0 spiro atoms. The van der Waals surface area contributed by atoms with Crippen LogP contribution in [0.5, 0.6) is 0 Å². The quantitative estimate of drug-likeness (QED) is 0.495. The third-order valence-corrected chi connectivity index (χ3v) is 6.22. The topological polar surface area (TPSA) is 83.1 Å². The summed E-state index contributed by atoms with van der Waals surface area (Å²) in [5, 5.41) is 9.82. The predicted molar refractivity (Wildman–Crippen MR) is 127 cm³/mol. The maximum atomic E-state index is 12.9. The Morgan fingerprint density at radius 2 is 1.94 bits per heavy atom. The zero-order chi connectivity index (χ0) is 22.8. The first kappa shape index (κ1) is 21.6. The van der Waals surface area contributed by atoms with E-state index in [0.717, 1.165) is 11.3 Å². The summed E-state index contributed by atoms with van der Waals surface area (Å²) in [6.45, 7) is 6.51. The number of benzene rings is 2. The maximum absolute atomic E-state index is 12.9. The van der Waals surface area contributed by atoms with Crippen molar-refractivity contribution in [2.75, 3.05) is 6.54 Å². The van der Waals surface area contributed by atoms with Crippen molar-refractivity contribution in [2.45, 2.75) is 20.8 Å². The molecule has 0 atom stereocenters. The van der Waals surface area contributed by atoms with Gasteiger partial charge in [-0.1, -0.05) is 18.2 Å². The molecule has 1 aromatic heterocycles. The number of aromatic carboxylic acids is 1. The lowest BCUT2D eigenvalue weighted by Gasteiger charge is -2.12. The van der Waals surface area contributed by atoms with Gasteiger partial charge in [-0.25, -0.2) is 9.79 Å². The van der Waals surface area contributed by atoms with Gasteiger partial charge in [0.05, 0.1) is 16.2 Å². The van der Waals surface area contributed by atoms with E-state index in [4.69, 9.17) is 9.41 Å². The summed E-state index contributed by atoms with van der Waals surface area (Å²) in [5.74, 6) is -0.0679. The van der Waals surface area contributed by atoms with Gasteiger partial charge in [-0.15, -0.1) is 0 Å². The van der Waals surface area contributed by atoms with Crippen LogP contribution < -0.4 is 0 Å². The number of aliphatic imine (C=N–C) groups is 1. The molecule has 0 aliphatic carbocycles. The number of likely N-dealkylation sites (N-methyl/N-ethyl adjacent to an activating group) is 1. The van der Waals surface area contributed by atoms with E-state index in [1.807, 2.05) is 32.0 Å². The number of amides is 1. The first-order valence-electron chi connectivity index (χ1n) is 10.2. The smallest absolute Gasteiger partial charge is 0.335 e. The molecule has 0 saturated carbocycles. The minimum absolute atomic E-state index is 0.120. The predicted octanol–water partition coefficient (Wildman–Crippen LogP) is 5.89. The van der Waals surface area contributed by atoms with Crippen molar-refractivity contribution in [2.24, 2.45) is 4.99 Å². The van der Waals surface area contributed by atoms with Crippen molar-refractivity contribution in [3.8, 4) is 11.3 Å². The Morgan fingerprint density at radius 3 is 2.66 bits per heavy atom. The van der Waals surface area contributed by atoms with Crippen molar-refractivity contribution in [1.82, 2.24) is 4.90 Å². The summed E-state index contributed by atoms with van der Waals surface area (Å²) in [6, 6.07) is 16.0.